The zero-order valence-electron chi connectivity index (χ0n) is 64.1. The number of ether oxygens (including phenoxy) is 1. The highest BCUT2D eigenvalue weighted by Gasteiger charge is 2.47. The Balaban J connectivity index is 3.16. The third-order valence-corrected chi connectivity index (χ3v) is 20.8. The molecule has 0 aromatic heterocycles. The zero-order chi connectivity index (χ0) is 76.2. The van der Waals surface area contributed by atoms with Gasteiger partial charge >= 0.3 is 0 Å². The molecule has 568 valence electrons. The number of rotatable bonds is 21. The first-order chi connectivity index (χ1) is 45.7. The van der Waals surface area contributed by atoms with Gasteiger partial charge in [-0.25, -0.2) is 8.42 Å². The summed E-state index contributed by atoms with van der Waals surface area (Å²) >= 11 is 0. The van der Waals surface area contributed by atoms with Crippen molar-refractivity contribution in [3.63, 3.8) is 0 Å². The number of carbonyl (C=O) groups is 11. The number of morpholine rings is 1. The second kappa shape index (κ2) is 39.8. The maximum absolute atomic E-state index is 15.5. The number of likely N-dealkylation sites (N-methyl/N-ethyl adjacent to an activating group) is 7. The molecule has 0 aliphatic carbocycles. The molecule has 2 fully saturated rings. The Bertz CT molecular complexity index is 2880. The summed E-state index contributed by atoms with van der Waals surface area (Å²) in [4.78, 5) is 172. The van der Waals surface area contributed by atoms with Crippen molar-refractivity contribution in [2.45, 2.75) is 235 Å². The van der Waals surface area contributed by atoms with Gasteiger partial charge in [-0.15, -0.1) is 0 Å². The molecule has 0 saturated carbocycles. The van der Waals surface area contributed by atoms with Gasteiger partial charge in [0.15, 0.2) is 9.84 Å². The summed E-state index contributed by atoms with van der Waals surface area (Å²) in [6.07, 6.45) is 2.07. The third-order valence-electron chi connectivity index (χ3n) is 19.1. The molecular formula is C70H126N12O16S. The minimum atomic E-state index is -4.37. The average Bonchev–Trinajstić information content (AvgIpc) is 0.806. The van der Waals surface area contributed by atoms with Crippen LogP contribution in [0.1, 0.15) is 163 Å². The van der Waals surface area contributed by atoms with Crippen molar-refractivity contribution in [1.29, 1.82) is 0 Å². The molecule has 0 aromatic rings. The van der Waals surface area contributed by atoms with E-state index in [1.807, 2.05) is 41.5 Å². The van der Waals surface area contributed by atoms with Gasteiger partial charge in [0, 0.05) is 55.8 Å². The van der Waals surface area contributed by atoms with Crippen LogP contribution >= 0.6 is 0 Å². The number of aliphatic hydroxyl groups is 1. The lowest BCUT2D eigenvalue weighted by Gasteiger charge is -2.45. The van der Waals surface area contributed by atoms with Crippen LogP contribution in [0, 0.1) is 46.6 Å². The van der Waals surface area contributed by atoms with Crippen LogP contribution in [0.2, 0.25) is 0 Å². The first-order valence-corrected chi connectivity index (χ1v) is 37.3. The molecule has 2 aliphatic heterocycles. The van der Waals surface area contributed by atoms with Gasteiger partial charge in [-0.1, -0.05) is 109 Å². The van der Waals surface area contributed by atoms with Gasteiger partial charge in [-0.2, -0.15) is 0 Å². The second-order valence-electron chi connectivity index (χ2n) is 30.1. The highest BCUT2D eigenvalue weighted by Crippen LogP contribution is 2.27. The Labute approximate surface area is 591 Å². The van der Waals surface area contributed by atoms with Crippen molar-refractivity contribution >= 4 is 74.8 Å². The quantitative estimate of drug-likeness (QED) is 0.0627. The zero-order valence-corrected chi connectivity index (χ0v) is 64.9. The lowest BCUT2D eigenvalue weighted by molar-refractivity contribution is -0.888. The second-order valence-corrected chi connectivity index (χ2v) is 32.3. The van der Waals surface area contributed by atoms with Crippen molar-refractivity contribution in [1.82, 2.24) is 55.6 Å². The van der Waals surface area contributed by atoms with E-state index in [9.17, 15) is 37.9 Å². The fourth-order valence-electron chi connectivity index (χ4n) is 12.8. The first-order valence-electron chi connectivity index (χ1n) is 35.5. The minimum Gasteiger partial charge on any atom is -0.633 e. The van der Waals surface area contributed by atoms with Crippen molar-refractivity contribution in [2.75, 3.05) is 93.7 Å². The molecule has 2 rings (SSSR count). The number of carbonyl (C=O) groups excluding carboxylic acids is 11. The molecule has 2 saturated heterocycles. The van der Waals surface area contributed by atoms with E-state index in [2.05, 4.69) is 21.3 Å². The molecule has 2 aliphatic rings. The SMILES string of the molecule is C/C=C/C[C@@H](C)[C@@H](O)[C@H]1C(=O)N[C@@H](CC)C(=O)N(C)[C@H](CS(=O)(=O)CCC[N+]2([O-])CCOCC2)C(=O)N(C)[C@@H](CC(C)C)C(=O)N[C@@H](C(C)C)C(=O)N(C)[C@@H](CC(C)C)C(=O)N[C@@H](C)C(=O)N[C@H](C)C(=O)N(C)[C@@H](CC(C)C)C(=O)N(C)[C@@H](CC(C)C)C(=O)N(C)[C@@H](C(C)C)C(=O)N1C. The van der Waals surface area contributed by atoms with Crippen molar-refractivity contribution < 1.29 is 75.6 Å². The predicted octanol–water partition coefficient (Wildman–Crippen LogP) is 2.79. The molecule has 0 radical (unpaired) electrons. The van der Waals surface area contributed by atoms with Crippen LogP contribution in [0.5, 0.6) is 0 Å². The van der Waals surface area contributed by atoms with Gasteiger partial charge in [-0.05, 0) is 101 Å². The molecule has 13 atom stereocenters. The van der Waals surface area contributed by atoms with Gasteiger partial charge in [0.2, 0.25) is 65.0 Å². The summed E-state index contributed by atoms with van der Waals surface area (Å²) in [5, 5.41) is 36.7. The van der Waals surface area contributed by atoms with Gasteiger partial charge in [0.05, 0.1) is 37.4 Å². The van der Waals surface area contributed by atoms with Crippen LogP contribution in [0.3, 0.4) is 0 Å². The molecule has 5 N–H and O–H groups in total. The van der Waals surface area contributed by atoms with E-state index in [1.54, 1.807) is 74.5 Å². The fraction of sp³-hybridized carbons (Fsp3) is 0.814. The number of hydrogen-bond acceptors (Lipinski definition) is 16. The normalized spacial score (nSPS) is 27.2. The Morgan fingerprint density at radius 2 is 0.929 bits per heavy atom. The molecule has 2 heterocycles. The van der Waals surface area contributed by atoms with Crippen LogP contribution in [-0.4, -0.2) is 284 Å². The number of nitrogens with one attached hydrogen (secondary N) is 4. The standard InChI is InChI=1S/C70H126N12O16S/c1-25-27-29-47(15)59(83)58-63(87)73-50(26-2)65(89)79(22)55(40-99(96,97)35-28-30-82(95)31-33-98-34-32-82)68(92)75(18)52(37-42(5)6)62(86)74-56(45(11)12)69(93)76(19)51(36-41(3)4)61(85)71-48(16)60(84)72-49(17)64(88)77(20)53(38-43(7)8)66(90)78(21)54(39-44(9)10)67(91)80(23)57(46(13)14)70(94)81(58)24/h25,27,41-59,83H,26,28-40H2,1-24H3,(H,71,85)(H,72,84)(H,73,87)(H,74,86)/b27-25+/t47-,48+,49-,50+,51+,52+,53+,54+,55-,56+,57+,58+,59-/m1/s1. The summed E-state index contributed by atoms with van der Waals surface area (Å²) in [6, 6.07) is -15.5. The number of aliphatic hydroxyl groups excluding tert-OH is 1. The lowest BCUT2D eigenvalue weighted by Crippen LogP contribution is -2.64. The molecule has 0 spiro atoms. The molecular weight excluding hydrogens is 1300 g/mol. The number of amides is 11. The minimum absolute atomic E-state index is 0.0456. The maximum Gasteiger partial charge on any atom is 0.246 e. The predicted molar refractivity (Wildman–Crippen MR) is 380 cm³/mol. The van der Waals surface area contributed by atoms with Crippen LogP contribution < -0.4 is 21.3 Å². The van der Waals surface area contributed by atoms with Gasteiger partial charge < -0.3 is 75.3 Å². The first kappa shape index (κ1) is 88.8. The van der Waals surface area contributed by atoms with Crippen molar-refractivity contribution in [3.05, 3.63) is 17.4 Å². The van der Waals surface area contributed by atoms with Crippen LogP contribution in [0.15, 0.2) is 12.2 Å². The molecule has 29 heteroatoms. The Hall–Kier alpha value is -6.30. The number of hydrogen-bond donors (Lipinski definition) is 5. The van der Waals surface area contributed by atoms with E-state index in [0.29, 0.717) is 0 Å². The molecule has 28 nitrogen and oxygen atoms in total. The van der Waals surface area contributed by atoms with E-state index >= 15 is 33.6 Å². The molecule has 99 heavy (non-hydrogen) atoms. The smallest absolute Gasteiger partial charge is 0.246 e. The molecule has 0 unspecified atom stereocenters. The van der Waals surface area contributed by atoms with Gasteiger partial charge in [-0.3, -0.25) is 52.7 Å². The lowest BCUT2D eigenvalue weighted by atomic mass is 9.91. The number of nitrogens with zero attached hydrogens (tertiary/aromatic N) is 8. The maximum atomic E-state index is 15.5. The molecule has 11 amide bonds. The monoisotopic (exact) mass is 1420 g/mol. The summed E-state index contributed by atoms with van der Waals surface area (Å²) in [5.41, 5.74) is 0. The Kier molecular flexibility index (Phi) is 35.7. The Morgan fingerprint density at radius 3 is 1.39 bits per heavy atom. The van der Waals surface area contributed by atoms with E-state index in [-0.39, 0.29) is 101 Å². The van der Waals surface area contributed by atoms with Crippen LogP contribution in [0.4, 0.5) is 0 Å². The fourth-order valence-corrected chi connectivity index (χ4v) is 14.4. The topological polar surface area (TPSA) is 345 Å². The van der Waals surface area contributed by atoms with Crippen LogP contribution in [0.25, 0.3) is 0 Å². The van der Waals surface area contributed by atoms with E-state index < -0.39 is 181 Å². The molecule has 0 aromatic carbocycles. The number of allylic oxidation sites excluding steroid dienone is 2. The van der Waals surface area contributed by atoms with Crippen LogP contribution in [-0.2, 0) is 67.3 Å². The highest BCUT2D eigenvalue weighted by molar-refractivity contribution is 7.91. The van der Waals surface area contributed by atoms with Gasteiger partial charge in [0.1, 0.15) is 79.5 Å². The summed E-state index contributed by atoms with van der Waals surface area (Å²) in [6.45, 7) is 29.6. The summed E-state index contributed by atoms with van der Waals surface area (Å²) in [5.74, 6) is -13.4. The van der Waals surface area contributed by atoms with E-state index in [1.165, 1.54) is 82.8 Å². The third kappa shape index (κ3) is 25.3. The molecule has 0 bridgehead atoms. The van der Waals surface area contributed by atoms with E-state index in [4.69, 9.17) is 4.74 Å². The van der Waals surface area contributed by atoms with Crippen molar-refractivity contribution in [3.8, 4) is 0 Å². The number of sulfone groups is 1. The highest BCUT2D eigenvalue weighted by atomic mass is 32.2. The van der Waals surface area contributed by atoms with E-state index in [0.717, 1.165) is 14.7 Å². The van der Waals surface area contributed by atoms with Crippen molar-refractivity contribution in [2.24, 2.45) is 41.4 Å². The van der Waals surface area contributed by atoms with Gasteiger partial charge in [0.25, 0.3) is 0 Å². The summed E-state index contributed by atoms with van der Waals surface area (Å²) in [7, 11) is 5.01. The number of hydroxylamine groups is 3. The largest absolute Gasteiger partial charge is 0.633 e. The summed E-state index contributed by atoms with van der Waals surface area (Å²) < 4.78 is 33.6. The average molecular weight is 1420 g/mol. The number of quaternary nitrogens is 1. The Morgan fingerprint density at radius 1 is 0.515 bits per heavy atom.